The Kier molecular flexibility index (Phi) is 1.42. The zero-order valence-corrected chi connectivity index (χ0v) is 5.59. The summed E-state index contributed by atoms with van der Waals surface area (Å²) in [6.45, 7) is 3.48. The average Bonchev–Trinajstić information content (AvgIpc) is 2.13. The van der Waals surface area contributed by atoms with Crippen molar-refractivity contribution in [3.05, 3.63) is 12.4 Å². The van der Waals surface area contributed by atoms with E-state index in [1.54, 1.807) is 24.2 Å². The van der Waals surface area contributed by atoms with Gasteiger partial charge in [0.05, 0.1) is 0 Å². The Morgan fingerprint density at radius 3 is 2.67 bits per heavy atom. The number of amides is 1. The lowest BCUT2D eigenvalue weighted by atomic mass is 10.5. The first-order valence-electron chi connectivity index (χ1n) is 2.93. The zero-order valence-electron chi connectivity index (χ0n) is 5.59. The third kappa shape index (κ3) is 1.04. The van der Waals surface area contributed by atoms with Gasteiger partial charge in [0.15, 0.2) is 0 Å². The summed E-state index contributed by atoms with van der Waals surface area (Å²) in [5, 5.41) is 2.98. The van der Waals surface area contributed by atoms with Gasteiger partial charge in [0.1, 0.15) is 6.17 Å². The van der Waals surface area contributed by atoms with Gasteiger partial charge in [0.2, 0.25) is 5.91 Å². The van der Waals surface area contributed by atoms with Crippen molar-refractivity contribution in [3.8, 4) is 0 Å². The molecule has 0 aromatic heterocycles. The number of hydrogen-bond acceptors (Lipinski definition) is 2. The number of hydrogen-bond donors (Lipinski definition) is 1. The standard InChI is InChI=1S/C6H10N2O/c1-5-7-3-4-8(5)6(2)9/h3-5,7H,1-2H3. The Bertz CT molecular complexity index is 153. The van der Waals surface area contributed by atoms with Crippen molar-refractivity contribution < 1.29 is 4.79 Å². The quantitative estimate of drug-likeness (QED) is 0.504. The van der Waals surface area contributed by atoms with Crippen LogP contribution in [0.15, 0.2) is 12.4 Å². The third-order valence-corrected chi connectivity index (χ3v) is 1.35. The highest BCUT2D eigenvalue weighted by molar-refractivity contribution is 5.75. The molecule has 1 unspecified atom stereocenters. The van der Waals surface area contributed by atoms with Gasteiger partial charge in [-0.15, -0.1) is 0 Å². The first-order valence-corrected chi connectivity index (χ1v) is 2.93. The number of carbonyl (C=O) groups excluding carboxylic acids is 1. The molecule has 0 saturated heterocycles. The molecule has 0 aromatic rings. The van der Waals surface area contributed by atoms with E-state index in [0.717, 1.165) is 0 Å². The molecule has 1 heterocycles. The summed E-state index contributed by atoms with van der Waals surface area (Å²) in [4.78, 5) is 12.3. The molecule has 1 aliphatic heterocycles. The van der Waals surface area contributed by atoms with Gasteiger partial charge in [-0.05, 0) is 6.92 Å². The van der Waals surface area contributed by atoms with Crippen molar-refractivity contribution in [3.63, 3.8) is 0 Å². The summed E-state index contributed by atoms with van der Waals surface area (Å²) in [5.41, 5.74) is 0. The average molecular weight is 126 g/mol. The van der Waals surface area contributed by atoms with Crippen LogP contribution in [0, 0.1) is 0 Å². The number of nitrogens with one attached hydrogen (secondary N) is 1. The van der Waals surface area contributed by atoms with Crippen LogP contribution >= 0.6 is 0 Å². The highest BCUT2D eigenvalue weighted by Gasteiger charge is 2.15. The van der Waals surface area contributed by atoms with Crippen molar-refractivity contribution in [2.45, 2.75) is 20.0 Å². The monoisotopic (exact) mass is 126 g/mol. The van der Waals surface area contributed by atoms with E-state index >= 15 is 0 Å². The van der Waals surface area contributed by atoms with Crippen LogP contribution in [0.1, 0.15) is 13.8 Å². The first-order chi connectivity index (χ1) is 4.22. The lowest BCUT2D eigenvalue weighted by molar-refractivity contribution is -0.127. The van der Waals surface area contributed by atoms with Gasteiger partial charge < -0.3 is 5.32 Å². The maximum absolute atomic E-state index is 10.7. The lowest BCUT2D eigenvalue weighted by Crippen LogP contribution is -2.35. The SMILES string of the molecule is CC(=O)N1C=CNC1C. The second-order valence-electron chi connectivity index (χ2n) is 2.08. The van der Waals surface area contributed by atoms with Gasteiger partial charge in [-0.3, -0.25) is 9.69 Å². The Morgan fingerprint density at radius 2 is 2.44 bits per heavy atom. The molecular formula is C6H10N2O. The third-order valence-electron chi connectivity index (χ3n) is 1.35. The minimum absolute atomic E-state index is 0.0729. The molecule has 50 valence electrons. The smallest absolute Gasteiger partial charge is 0.225 e. The van der Waals surface area contributed by atoms with Gasteiger partial charge in [-0.2, -0.15) is 0 Å². The Labute approximate surface area is 54.3 Å². The largest absolute Gasteiger partial charge is 0.370 e. The molecule has 9 heavy (non-hydrogen) atoms. The van der Waals surface area contributed by atoms with E-state index in [-0.39, 0.29) is 12.1 Å². The van der Waals surface area contributed by atoms with E-state index in [9.17, 15) is 4.79 Å². The maximum atomic E-state index is 10.7. The van der Waals surface area contributed by atoms with Crippen LogP contribution in [-0.2, 0) is 4.79 Å². The molecule has 3 nitrogen and oxygen atoms in total. The molecule has 1 rings (SSSR count). The van der Waals surface area contributed by atoms with Crippen LogP contribution in [-0.4, -0.2) is 17.0 Å². The fourth-order valence-electron chi connectivity index (χ4n) is 0.850. The Hall–Kier alpha value is -0.990. The maximum Gasteiger partial charge on any atom is 0.225 e. The topological polar surface area (TPSA) is 32.3 Å². The van der Waals surface area contributed by atoms with Crippen LogP contribution in [0.2, 0.25) is 0 Å². The first kappa shape index (κ1) is 6.13. The van der Waals surface area contributed by atoms with E-state index in [4.69, 9.17) is 0 Å². The number of nitrogens with zero attached hydrogens (tertiary/aromatic N) is 1. The Balaban J connectivity index is 2.59. The highest BCUT2D eigenvalue weighted by Crippen LogP contribution is 2.02. The van der Waals surface area contributed by atoms with E-state index in [1.807, 2.05) is 6.92 Å². The molecule has 0 aliphatic carbocycles. The minimum Gasteiger partial charge on any atom is -0.370 e. The molecule has 1 N–H and O–H groups in total. The van der Waals surface area contributed by atoms with E-state index in [0.29, 0.717) is 0 Å². The van der Waals surface area contributed by atoms with Crippen molar-refractivity contribution in [2.24, 2.45) is 0 Å². The van der Waals surface area contributed by atoms with Gasteiger partial charge >= 0.3 is 0 Å². The molecule has 3 heteroatoms. The van der Waals surface area contributed by atoms with Crippen molar-refractivity contribution >= 4 is 5.91 Å². The summed E-state index contributed by atoms with van der Waals surface area (Å²) in [7, 11) is 0. The second kappa shape index (κ2) is 2.09. The van der Waals surface area contributed by atoms with Crippen LogP contribution < -0.4 is 5.32 Å². The van der Waals surface area contributed by atoms with Gasteiger partial charge in [0.25, 0.3) is 0 Å². The van der Waals surface area contributed by atoms with E-state index in [1.165, 1.54) is 0 Å². The summed E-state index contributed by atoms with van der Waals surface area (Å²) < 4.78 is 0. The summed E-state index contributed by atoms with van der Waals surface area (Å²) in [6, 6.07) is 0. The normalized spacial score (nSPS) is 24.2. The van der Waals surface area contributed by atoms with Crippen LogP contribution in [0.3, 0.4) is 0 Å². The molecule has 0 fully saturated rings. The molecular weight excluding hydrogens is 116 g/mol. The minimum atomic E-state index is 0.0729. The van der Waals surface area contributed by atoms with Crippen LogP contribution in [0.4, 0.5) is 0 Å². The number of carbonyl (C=O) groups is 1. The molecule has 1 aliphatic rings. The molecule has 0 bridgehead atoms. The van der Waals surface area contributed by atoms with Gasteiger partial charge in [-0.1, -0.05) is 0 Å². The molecule has 0 aromatic carbocycles. The summed E-state index contributed by atoms with van der Waals surface area (Å²) >= 11 is 0. The summed E-state index contributed by atoms with van der Waals surface area (Å²) in [6.07, 6.45) is 3.64. The predicted molar refractivity (Wildman–Crippen MR) is 34.3 cm³/mol. The van der Waals surface area contributed by atoms with Crippen molar-refractivity contribution in [1.82, 2.24) is 10.2 Å². The molecule has 1 atom stereocenters. The van der Waals surface area contributed by atoms with E-state index in [2.05, 4.69) is 5.32 Å². The van der Waals surface area contributed by atoms with Gasteiger partial charge in [-0.25, -0.2) is 0 Å². The van der Waals surface area contributed by atoms with Crippen molar-refractivity contribution in [2.75, 3.05) is 0 Å². The molecule has 0 radical (unpaired) electrons. The highest BCUT2D eigenvalue weighted by atomic mass is 16.2. The van der Waals surface area contributed by atoms with Crippen molar-refractivity contribution in [1.29, 1.82) is 0 Å². The second-order valence-corrected chi connectivity index (χ2v) is 2.08. The van der Waals surface area contributed by atoms with Crippen LogP contribution in [0.5, 0.6) is 0 Å². The molecule has 0 spiro atoms. The fourth-order valence-corrected chi connectivity index (χ4v) is 0.850. The molecule has 1 amide bonds. The summed E-state index contributed by atoms with van der Waals surface area (Å²) in [5.74, 6) is 0.0729. The molecule has 0 saturated carbocycles. The number of rotatable bonds is 0. The fraction of sp³-hybridized carbons (Fsp3) is 0.500. The van der Waals surface area contributed by atoms with Gasteiger partial charge in [0, 0.05) is 19.3 Å². The van der Waals surface area contributed by atoms with Crippen LogP contribution in [0.25, 0.3) is 0 Å². The predicted octanol–water partition coefficient (Wildman–Crippen LogP) is 0.255. The zero-order chi connectivity index (χ0) is 6.85. The lowest BCUT2D eigenvalue weighted by Gasteiger charge is -2.17. The Morgan fingerprint density at radius 1 is 1.78 bits per heavy atom. The van der Waals surface area contributed by atoms with E-state index < -0.39 is 0 Å².